The van der Waals surface area contributed by atoms with Gasteiger partial charge in [-0.3, -0.25) is 0 Å². The van der Waals surface area contributed by atoms with E-state index < -0.39 is 5.97 Å². The largest absolute Gasteiger partial charge is 0.491 e. The minimum atomic E-state index is -0.465. The summed E-state index contributed by atoms with van der Waals surface area (Å²) in [5.41, 5.74) is 0.573. The Labute approximate surface area is 166 Å². The highest BCUT2D eigenvalue weighted by molar-refractivity contribution is 5.95. The molecule has 154 valence electrons. The van der Waals surface area contributed by atoms with Crippen molar-refractivity contribution in [2.75, 3.05) is 27.2 Å². The Morgan fingerprint density at radius 2 is 1.93 bits per heavy atom. The fraction of sp³-hybridized carbons (Fsp3) is 0.591. The lowest BCUT2D eigenvalue weighted by Gasteiger charge is -2.23. The van der Waals surface area contributed by atoms with Crippen LogP contribution in [0.15, 0.2) is 22.6 Å². The van der Waals surface area contributed by atoms with Gasteiger partial charge in [0.05, 0.1) is 17.6 Å². The van der Waals surface area contributed by atoms with Gasteiger partial charge in [0.2, 0.25) is 5.76 Å². The van der Waals surface area contributed by atoms with Gasteiger partial charge in [-0.2, -0.15) is 0 Å². The number of likely N-dealkylation sites (N-methyl/N-ethyl adjacent to an activating group) is 1. The molecule has 0 aliphatic heterocycles. The molecule has 0 radical (unpaired) electrons. The topological polar surface area (TPSA) is 61.1 Å². The first-order valence-electron chi connectivity index (χ1n) is 10.1. The number of carbonyl (C=O) groups is 1. The molecule has 1 aromatic heterocycles. The van der Waals surface area contributed by atoms with Gasteiger partial charge < -0.3 is 23.5 Å². The number of benzene rings is 1. The zero-order valence-corrected chi connectivity index (χ0v) is 17.3. The lowest BCUT2D eigenvalue weighted by molar-refractivity contribution is 0.0448. The lowest BCUT2D eigenvalue weighted by atomic mass is 9.98. The fourth-order valence-corrected chi connectivity index (χ4v) is 3.38. The Hall–Kier alpha value is -2.21. The summed E-state index contributed by atoms with van der Waals surface area (Å²) in [6, 6.07) is 5.41. The van der Waals surface area contributed by atoms with E-state index in [2.05, 4.69) is 0 Å². The molecule has 1 aromatic carbocycles. The van der Waals surface area contributed by atoms with Gasteiger partial charge in [-0.25, -0.2) is 4.79 Å². The number of hydrogen-bond acceptors (Lipinski definition) is 6. The van der Waals surface area contributed by atoms with Crippen molar-refractivity contribution in [3.63, 3.8) is 0 Å². The molecule has 0 amide bonds. The van der Waals surface area contributed by atoms with Crippen molar-refractivity contribution in [3.05, 3.63) is 24.0 Å². The van der Waals surface area contributed by atoms with Gasteiger partial charge in [-0.15, -0.1) is 0 Å². The maximum absolute atomic E-state index is 12.4. The summed E-state index contributed by atoms with van der Waals surface area (Å²) in [4.78, 5) is 14.3. The van der Waals surface area contributed by atoms with E-state index in [-0.39, 0.29) is 18.0 Å². The summed E-state index contributed by atoms with van der Waals surface area (Å²) in [6.07, 6.45) is 5.96. The van der Waals surface area contributed by atoms with Crippen LogP contribution in [-0.4, -0.2) is 50.3 Å². The molecule has 0 N–H and O–H groups in total. The van der Waals surface area contributed by atoms with Gasteiger partial charge in [0.15, 0.2) is 0 Å². The van der Waals surface area contributed by atoms with Crippen LogP contribution in [-0.2, 0) is 4.74 Å². The minimum absolute atomic E-state index is 0.0328. The number of furan rings is 1. The lowest BCUT2D eigenvalue weighted by Crippen LogP contribution is -2.20. The smallest absolute Gasteiger partial charge is 0.374 e. The number of carbonyl (C=O) groups excluding carboxylic acids is 1. The molecule has 1 fully saturated rings. The minimum Gasteiger partial charge on any atom is -0.491 e. The normalized spacial score (nSPS) is 15.4. The highest BCUT2D eigenvalue weighted by Gasteiger charge is 2.21. The summed E-state index contributed by atoms with van der Waals surface area (Å²) in [7, 11) is 3.86. The number of fused-ring (bicyclic) bond motifs is 1. The van der Waals surface area contributed by atoms with Crippen molar-refractivity contribution < 1.29 is 23.4 Å². The first-order valence-corrected chi connectivity index (χ1v) is 10.1. The van der Waals surface area contributed by atoms with E-state index in [4.69, 9.17) is 18.6 Å². The summed E-state index contributed by atoms with van der Waals surface area (Å²) in [5.74, 6) is 1.10. The number of rotatable bonds is 8. The molecule has 1 aliphatic carbocycles. The molecule has 1 aliphatic rings. The maximum atomic E-state index is 12.4. The van der Waals surface area contributed by atoms with E-state index in [9.17, 15) is 4.79 Å². The SMILES string of the molecule is CC(C)Oc1cc(OC2CCCCC2)c2cc(C(=O)OCCN(C)C)oc2c1. The second-order valence-corrected chi connectivity index (χ2v) is 7.93. The first-order chi connectivity index (χ1) is 13.4. The molecule has 0 spiro atoms. The Morgan fingerprint density at radius 1 is 1.18 bits per heavy atom. The van der Waals surface area contributed by atoms with Gasteiger partial charge in [0.1, 0.15) is 23.7 Å². The summed E-state index contributed by atoms with van der Waals surface area (Å²) in [5, 5.41) is 0.779. The molecule has 0 saturated heterocycles. The van der Waals surface area contributed by atoms with Crippen LogP contribution in [0.1, 0.15) is 56.5 Å². The second kappa shape index (κ2) is 9.32. The standard InChI is InChI=1S/C22H31NO5/c1-15(2)26-17-12-19(27-16-8-6-5-7-9-16)18-14-21(28-20(18)13-17)22(24)25-11-10-23(3)4/h12-16H,5-11H2,1-4H3. The Kier molecular flexibility index (Phi) is 6.83. The van der Waals surface area contributed by atoms with Gasteiger partial charge >= 0.3 is 5.97 Å². The van der Waals surface area contributed by atoms with Crippen LogP contribution in [0.2, 0.25) is 0 Å². The Morgan fingerprint density at radius 3 is 2.61 bits per heavy atom. The van der Waals surface area contributed by atoms with Crippen molar-refractivity contribution in [2.24, 2.45) is 0 Å². The van der Waals surface area contributed by atoms with Crippen LogP contribution in [0, 0.1) is 0 Å². The molecule has 3 rings (SSSR count). The molecular weight excluding hydrogens is 358 g/mol. The van der Waals surface area contributed by atoms with Gasteiger partial charge in [-0.1, -0.05) is 6.42 Å². The molecule has 1 saturated carbocycles. The molecule has 0 unspecified atom stereocenters. The monoisotopic (exact) mass is 389 g/mol. The van der Waals surface area contributed by atoms with Crippen molar-refractivity contribution in [1.82, 2.24) is 4.90 Å². The van der Waals surface area contributed by atoms with Crippen molar-refractivity contribution in [3.8, 4) is 11.5 Å². The zero-order chi connectivity index (χ0) is 20.1. The average molecular weight is 389 g/mol. The van der Waals surface area contributed by atoms with E-state index in [1.165, 1.54) is 19.3 Å². The first kappa shape index (κ1) is 20.5. The average Bonchev–Trinajstić information content (AvgIpc) is 3.06. The molecule has 2 aromatic rings. The molecule has 1 heterocycles. The third-order valence-corrected chi connectivity index (χ3v) is 4.76. The summed E-state index contributed by atoms with van der Waals surface area (Å²) < 4.78 is 23.2. The molecule has 0 bridgehead atoms. The van der Waals surface area contributed by atoms with E-state index >= 15 is 0 Å². The number of hydrogen-bond donors (Lipinski definition) is 0. The molecule has 6 nitrogen and oxygen atoms in total. The highest BCUT2D eigenvalue weighted by Crippen LogP contribution is 2.36. The number of esters is 1. The Balaban J connectivity index is 1.85. The van der Waals surface area contributed by atoms with Crippen LogP contribution >= 0.6 is 0 Å². The van der Waals surface area contributed by atoms with Gasteiger partial charge in [0.25, 0.3) is 0 Å². The Bertz CT molecular complexity index is 790. The van der Waals surface area contributed by atoms with E-state index in [0.717, 1.165) is 18.2 Å². The molecular formula is C22H31NO5. The van der Waals surface area contributed by atoms with Crippen LogP contribution in [0.4, 0.5) is 0 Å². The predicted molar refractivity (Wildman–Crippen MR) is 108 cm³/mol. The van der Waals surface area contributed by atoms with Gasteiger partial charge in [-0.05, 0) is 53.6 Å². The molecule has 0 atom stereocenters. The van der Waals surface area contributed by atoms with Crippen molar-refractivity contribution >= 4 is 16.9 Å². The van der Waals surface area contributed by atoms with E-state index in [1.54, 1.807) is 12.1 Å². The third kappa shape index (κ3) is 5.41. The summed E-state index contributed by atoms with van der Waals surface area (Å²) >= 11 is 0. The van der Waals surface area contributed by atoms with Crippen LogP contribution in [0.3, 0.4) is 0 Å². The van der Waals surface area contributed by atoms with Crippen molar-refractivity contribution in [2.45, 2.75) is 58.2 Å². The van der Waals surface area contributed by atoms with Gasteiger partial charge in [0, 0.05) is 24.7 Å². The summed E-state index contributed by atoms with van der Waals surface area (Å²) in [6.45, 7) is 4.92. The highest BCUT2D eigenvalue weighted by atomic mass is 16.5. The quantitative estimate of drug-likeness (QED) is 0.613. The maximum Gasteiger partial charge on any atom is 0.374 e. The fourth-order valence-electron chi connectivity index (χ4n) is 3.38. The number of ether oxygens (including phenoxy) is 3. The third-order valence-electron chi connectivity index (χ3n) is 4.76. The second-order valence-electron chi connectivity index (χ2n) is 7.93. The van der Waals surface area contributed by atoms with E-state index in [0.29, 0.717) is 30.2 Å². The van der Waals surface area contributed by atoms with Crippen molar-refractivity contribution in [1.29, 1.82) is 0 Å². The van der Waals surface area contributed by atoms with Crippen LogP contribution in [0.25, 0.3) is 11.0 Å². The predicted octanol–water partition coefficient (Wildman–Crippen LogP) is 4.65. The molecule has 28 heavy (non-hydrogen) atoms. The molecule has 6 heteroatoms. The number of nitrogens with zero attached hydrogens (tertiary/aromatic N) is 1. The zero-order valence-electron chi connectivity index (χ0n) is 17.3. The van der Waals surface area contributed by atoms with Crippen LogP contribution < -0.4 is 9.47 Å². The van der Waals surface area contributed by atoms with Crippen LogP contribution in [0.5, 0.6) is 11.5 Å². The van der Waals surface area contributed by atoms with E-state index in [1.807, 2.05) is 38.9 Å².